The van der Waals surface area contributed by atoms with E-state index >= 15 is 0 Å². The maximum absolute atomic E-state index is 12.7. The molecule has 6 heteroatoms. The van der Waals surface area contributed by atoms with Gasteiger partial charge >= 0.3 is 17.9 Å². The predicted molar refractivity (Wildman–Crippen MR) is 238 cm³/mol. The minimum Gasteiger partial charge on any atom is -0.462 e. The summed E-state index contributed by atoms with van der Waals surface area (Å²) in [5.74, 6) is 0.836. The predicted octanol–water partition coefficient (Wildman–Crippen LogP) is 15.8. The molecule has 0 fully saturated rings. The van der Waals surface area contributed by atoms with Crippen molar-refractivity contribution in [3.05, 3.63) is 0 Å². The summed E-state index contributed by atoms with van der Waals surface area (Å²) < 4.78 is 16.7. The van der Waals surface area contributed by atoms with Gasteiger partial charge in [0.2, 0.25) is 0 Å². The lowest BCUT2D eigenvalue weighted by molar-refractivity contribution is -0.167. The van der Waals surface area contributed by atoms with Gasteiger partial charge in [0.25, 0.3) is 0 Å². The maximum atomic E-state index is 12.7. The largest absolute Gasteiger partial charge is 0.462 e. The minimum absolute atomic E-state index is 0.0645. The average Bonchev–Trinajstić information content (AvgIpc) is 3.18. The Kier molecular flexibility index (Phi) is 41.8. The van der Waals surface area contributed by atoms with Crippen LogP contribution in [0.3, 0.4) is 0 Å². The summed E-state index contributed by atoms with van der Waals surface area (Å²) in [6.07, 6.45) is 42.3. The SMILES string of the molecule is CCCCCCCCCCCC(=O)O[C@H](COC(=O)CCCCCCCCCCCCCCCCC(C)CC)COC(=O)CCCCCCCCCCC(C)C. The number of ether oxygens (including phenoxy) is 3. The van der Waals surface area contributed by atoms with Gasteiger partial charge in [-0.25, -0.2) is 0 Å². The molecule has 2 atom stereocenters. The number of rotatable bonds is 44. The summed E-state index contributed by atoms with van der Waals surface area (Å²) >= 11 is 0. The third kappa shape index (κ3) is 42.0. The van der Waals surface area contributed by atoms with Gasteiger partial charge in [-0.2, -0.15) is 0 Å². The van der Waals surface area contributed by atoms with E-state index in [2.05, 4.69) is 34.6 Å². The van der Waals surface area contributed by atoms with Crippen LogP contribution in [0.15, 0.2) is 0 Å². The van der Waals surface area contributed by atoms with Crippen LogP contribution < -0.4 is 0 Å². The molecule has 0 bridgehead atoms. The molecule has 0 aromatic carbocycles. The van der Waals surface area contributed by atoms with Gasteiger partial charge in [0.1, 0.15) is 13.2 Å². The Hall–Kier alpha value is -1.59. The molecule has 0 aliphatic carbocycles. The molecule has 0 saturated heterocycles. The van der Waals surface area contributed by atoms with Crippen molar-refractivity contribution in [2.24, 2.45) is 11.8 Å². The first-order valence-corrected chi connectivity index (χ1v) is 24.8. The Morgan fingerprint density at radius 3 is 1.02 bits per heavy atom. The van der Waals surface area contributed by atoms with Crippen molar-refractivity contribution in [3.63, 3.8) is 0 Å². The zero-order chi connectivity index (χ0) is 41.2. The topological polar surface area (TPSA) is 78.9 Å². The van der Waals surface area contributed by atoms with Crippen LogP contribution in [0.2, 0.25) is 0 Å². The van der Waals surface area contributed by atoms with Gasteiger partial charge in [-0.3, -0.25) is 14.4 Å². The number of unbranched alkanes of at least 4 members (excludes halogenated alkanes) is 28. The van der Waals surface area contributed by atoms with Crippen LogP contribution in [0.1, 0.15) is 272 Å². The van der Waals surface area contributed by atoms with Gasteiger partial charge in [-0.1, -0.05) is 234 Å². The number of hydrogen-bond donors (Lipinski definition) is 0. The molecule has 0 amide bonds. The Bertz CT molecular complexity index is 856. The third-order valence-corrected chi connectivity index (χ3v) is 11.6. The van der Waals surface area contributed by atoms with Gasteiger partial charge in [-0.05, 0) is 31.1 Å². The molecule has 0 saturated carbocycles. The van der Waals surface area contributed by atoms with E-state index in [4.69, 9.17) is 14.2 Å². The summed E-state index contributed by atoms with van der Waals surface area (Å²) in [5.41, 5.74) is 0. The fourth-order valence-electron chi connectivity index (χ4n) is 7.43. The van der Waals surface area contributed by atoms with E-state index < -0.39 is 6.10 Å². The smallest absolute Gasteiger partial charge is 0.306 e. The van der Waals surface area contributed by atoms with Crippen LogP contribution in [0.5, 0.6) is 0 Å². The van der Waals surface area contributed by atoms with E-state index in [1.807, 2.05) is 0 Å². The highest BCUT2D eigenvalue weighted by Gasteiger charge is 2.19. The first kappa shape index (κ1) is 54.4. The van der Waals surface area contributed by atoms with Gasteiger partial charge in [0, 0.05) is 19.3 Å². The van der Waals surface area contributed by atoms with Crippen molar-refractivity contribution in [2.45, 2.75) is 278 Å². The first-order chi connectivity index (χ1) is 27.3. The zero-order valence-corrected chi connectivity index (χ0v) is 38.3. The summed E-state index contributed by atoms with van der Waals surface area (Å²) in [4.78, 5) is 37.8. The van der Waals surface area contributed by atoms with Crippen molar-refractivity contribution < 1.29 is 28.6 Å². The van der Waals surface area contributed by atoms with Crippen molar-refractivity contribution in [2.75, 3.05) is 13.2 Å². The van der Waals surface area contributed by atoms with E-state index in [1.54, 1.807) is 0 Å². The molecule has 0 spiro atoms. The summed E-state index contributed by atoms with van der Waals surface area (Å²) in [6.45, 7) is 11.4. The molecule has 1 unspecified atom stereocenters. The van der Waals surface area contributed by atoms with E-state index in [0.717, 1.165) is 69.6 Å². The Morgan fingerprint density at radius 2 is 0.679 bits per heavy atom. The number of hydrogen-bond acceptors (Lipinski definition) is 6. The van der Waals surface area contributed by atoms with Crippen LogP contribution in [0, 0.1) is 11.8 Å². The van der Waals surface area contributed by atoms with Crippen LogP contribution >= 0.6 is 0 Å². The normalized spacial score (nSPS) is 12.5. The fourth-order valence-corrected chi connectivity index (χ4v) is 7.43. The zero-order valence-electron chi connectivity index (χ0n) is 38.3. The monoisotopic (exact) mass is 793 g/mol. The van der Waals surface area contributed by atoms with Crippen molar-refractivity contribution in [1.82, 2.24) is 0 Å². The highest BCUT2D eigenvalue weighted by molar-refractivity contribution is 5.71. The summed E-state index contributed by atoms with van der Waals surface area (Å²) in [6, 6.07) is 0. The van der Waals surface area contributed by atoms with Gasteiger partial charge in [0.15, 0.2) is 6.10 Å². The number of esters is 3. The van der Waals surface area contributed by atoms with Crippen LogP contribution in [-0.2, 0) is 28.6 Å². The summed E-state index contributed by atoms with van der Waals surface area (Å²) in [7, 11) is 0. The fraction of sp³-hybridized carbons (Fsp3) is 0.940. The second-order valence-corrected chi connectivity index (χ2v) is 17.8. The van der Waals surface area contributed by atoms with E-state index in [9.17, 15) is 14.4 Å². The van der Waals surface area contributed by atoms with Gasteiger partial charge in [0.05, 0.1) is 0 Å². The second kappa shape index (κ2) is 43.0. The van der Waals surface area contributed by atoms with Crippen molar-refractivity contribution >= 4 is 17.9 Å². The second-order valence-electron chi connectivity index (χ2n) is 17.8. The van der Waals surface area contributed by atoms with Gasteiger partial charge in [-0.15, -0.1) is 0 Å². The Morgan fingerprint density at radius 1 is 0.375 bits per heavy atom. The van der Waals surface area contributed by atoms with Crippen molar-refractivity contribution in [3.8, 4) is 0 Å². The molecule has 0 aliphatic rings. The van der Waals surface area contributed by atoms with E-state index in [0.29, 0.717) is 19.3 Å². The van der Waals surface area contributed by atoms with Crippen LogP contribution in [0.25, 0.3) is 0 Å². The highest BCUT2D eigenvalue weighted by atomic mass is 16.6. The Balaban J connectivity index is 4.23. The van der Waals surface area contributed by atoms with Gasteiger partial charge < -0.3 is 14.2 Å². The van der Waals surface area contributed by atoms with Crippen molar-refractivity contribution in [1.29, 1.82) is 0 Å². The molecule has 0 aromatic rings. The highest BCUT2D eigenvalue weighted by Crippen LogP contribution is 2.17. The molecule has 56 heavy (non-hydrogen) atoms. The summed E-state index contributed by atoms with van der Waals surface area (Å²) in [5, 5.41) is 0. The molecular formula is C50H96O6. The molecule has 0 aliphatic heterocycles. The first-order valence-electron chi connectivity index (χ1n) is 24.8. The number of carbonyl (C=O) groups excluding carboxylic acids is 3. The molecule has 0 radical (unpaired) electrons. The molecule has 332 valence electrons. The molecular weight excluding hydrogens is 697 g/mol. The lowest BCUT2D eigenvalue weighted by Crippen LogP contribution is -2.30. The maximum Gasteiger partial charge on any atom is 0.306 e. The lowest BCUT2D eigenvalue weighted by atomic mass is 9.99. The lowest BCUT2D eigenvalue weighted by Gasteiger charge is -2.18. The van der Waals surface area contributed by atoms with E-state index in [1.165, 1.54) is 161 Å². The number of carbonyl (C=O) groups is 3. The molecule has 0 aromatic heterocycles. The average molecular weight is 793 g/mol. The van der Waals surface area contributed by atoms with Crippen LogP contribution in [-0.4, -0.2) is 37.2 Å². The molecule has 0 heterocycles. The molecule has 0 N–H and O–H groups in total. The van der Waals surface area contributed by atoms with E-state index in [-0.39, 0.29) is 31.1 Å². The van der Waals surface area contributed by atoms with Crippen LogP contribution in [0.4, 0.5) is 0 Å². The standard InChI is InChI=1S/C50H96O6/c1-6-8-9-10-11-18-27-32-37-42-50(53)56-47(44-55-49(52)41-36-31-26-22-21-23-28-33-38-45(3)4)43-54-48(51)40-35-30-25-20-17-15-13-12-14-16-19-24-29-34-39-46(5)7-2/h45-47H,6-44H2,1-5H3/t46?,47-/m1/s1. The quantitative estimate of drug-likeness (QED) is 0.0347. The third-order valence-electron chi connectivity index (χ3n) is 11.6. The Labute approximate surface area is 348 Å². The molecule has 0 rings (SSSR count). The molecule has 6 nitrogen and oxygen atoms in total. The minimum atomic E-state index is -0.760.